The quantitative estimate of drug-likeness (QED) is 0.935. The first-order valence-electron chi connectivity index (χ1n) is 6.47. The second kappa shape index (κ2) is 5.79. The maximum absolute atomic E-state index is 12.3. The lowest BCUT2D eigenvalue weighted by atomic mass is 10.1. The summed E-state index contributed by atoms with van der Waals surface area (Å²) in [6.45, 7) is 5.95. The Hall–Kier alpha value is -1.62. The zero-order valence-corrected chi connectivity index (χ0v) is 13.7. The highest BCUT2D eigenvalue weighted by Gasteiger charge is 2.19. The molecular formula is C15H18BrN3O. The summed E-state index contributed by atoms with van der Waals surface area (Å²) in [5.74, 6) is -0.0902. The molecule has 0 aliphatic rings. The molecule has 0 radical (unpaired) electrons. The van der Waals surface area contributed by atoms with E-state index in [4.69, 9.17) is 0 Å². The van der Waals surface area contributed by atoms with E-state index in [1.54, 1.807) is 6.07 Å². The van der Waals surface area contributed by atoms with E-state index in [1.165, 1.54) is 0 Å². The SMILES string of the molecule is Cc1nn(C)c(C)c1C(C)NC(=O)c1ccccc1Br. The molecule has 20 heavy (non-hydrogen) atoms. The molecule has 0 saturated carbocycles. The number of benzene rings is 1. The molecule has 2 aromatic rings. The third-order valence-electron chi connectivity index (χ3n) is 3.46. The smallest absolute Gasteiger partial charge is 0.252 e. The van der Waals surface area contributed by atoms with Gasteiger partial charge in [-0.2, -0.15) is 5.10 Å². The molecule has 1 aromatic carbocycles. The number of aryl methyl sites for hydroxylation is 2. The average Bonchev–Trinajstić information content (AvgIpc) is 2.63. The normalized spacial score (nSPS) is 12.2. The molecular weight excluding hydrogens is 318 g/mol. The third kappa shape index (κ3) is 2.77. The van der Waals surface area contributed by atoms with E-state index < -0.39 is 0 Å². The van der Waals surface area contributed by atoms with Gasteiger partial charge < -0.3 is 5.32 Å². The van der Waals surface area contributed by atoms with Gasteiger partial charge in [0.1, 0.15) is 0 Å². The van der Waals surface area contributed by atoms with Crippen molar-refractivity contribution in [3.05, 3.63) is 51.3 Å². The van der Waals surface area contributed by atoms with E-state index >= 15 is 0 Å². The van der Waals surface area contributed by atoms with Crippen molar-refractivity contribution in [2.24, 2.45) is 7.05 Å². The number of carbonyl (C=O) groups is 1. The molecule has 0 saturated heterocycles. The van der Waals surface area contributed by atoms with E-state index in [-0.39, 0.29) is 11.9 Å². The number of halogens is 1. The Morgan fingerprint density at radius 3 is 2.55 bits per heavy atom. The second-order valence-corrected chi connectivity index (χ2v) is 5.74. The maximum atomic E-state index is 12.3. The summed E-state index contributed by atoms with van der Waals surface area (Å²) in [5, 5.41) is 7.41. The Morgan fingerprint density at radius 2 is 2.00 bits per heavy atom. The molecule has 0 bridgehead atoms. The number of aromatic nitrogens is 2. The van der Waals surface area contributed by atoms with Crippen LogP contribution < -0.4 is 5.32 Å². The Labute approximate surface area is 127 Å². The van der Waals surface area contributed by atoms with Crippen molar-refractivity contribution in [2.45, 2.75) is 26.8 Å². The highest BCUT2D eigenvalue weighted by molar-refractivity contribution is 9.10. The fourth-order valence-corrected chi connectivity index (χ4v) is 2.87. The van der Waals surface area contributed by atoms with Gasteiger partial charge in [0.2, 0.25) is 0 Å². The largest absolute Gasteiger partial charge is 0.345 e. The van der Waals surface area contributed by atoms with Gasteiger partial charge in [0.25, 0.3) is 5.91 Å². The molecule has 4 nitrogen and oxygen atoms in total. The molecule has 1 amide bonds. The van der Waals surface area contributed by atoms with E-state index in [9.17, 15) is 4.79 Å². The molecule has 1 aromatic heterocycles. The van der Waals surface area contributed by atoms with Crippen LogP contribution in [0.1, 0.15) is 40.3 Å². The first-order valence-corrected chi connectivity index (χ1v) is 7.26. The number of carbonyl (C=O) groups excluding carboxylic acids is 1. The van der Waals surface area contributed by atoms with Crippen LogP contribution in [0.5, 0.6) is 0 Å². The van der Waals surface area contributed by atoms with Gasteiger partial charge in [-0.25, -0.2) is 0 Å². The zero-order chi connectivity index (χ0) is 14.9. The van der Waals surface area contributed by atoms with Crippen LogP contribution in [0.25, 0.3) is 0 Å². The van der Waals surface area contributed by atoms with Crippen molar-refractivity contribution >= 4 is 21.8 Å². The maximum Gasteiger partial charge on any atom is 0.252 e. The molecule has 106 valence electrons. The molecule has 0 aliphatic heterocycles. The van der Waals surface area contributed by atoms with Crippen LogP contribution in [0, 0.1) is 13.8 Å². The summed E-state index contributed by atoms with van der Waals surface area (Å²) < 4.78 is 2.63. The molecule has 2 rings (SSSR count). The Balaban J connectivity index is 2.22. The number of nitrogens with zero attached hydrogens (tertiary/aromatic N) is 2. The fraction of sp³-hybridized carbons (Fsp3) is 0.333. The van der Waals surface area contributed by atoms with Gasteiger partial charge in [0.05, 0.1) is 17.3 Å². The highest BCUT2D eigenvalue weighted by Crippen LogP contribution is 2.22. The lowest BCUT2D eigenvalue weighted by Gasteiger charge is -2.15. The van der Waals surface area contributed by atoms with Gasteiger partial charge in [0.15, 0.2) is 0 Å². The van der Waals surface area contributed by atoms with Gasteiger partial charge in [-0.15, -0.1) is 0 Å². The van der Waals surface area contributed by atoms with E-state index in [0.29, 0.717) is 5.56 Å². The number of rotatable bonds is 3. The van der Waals surface area contributed by atoms with Gasteiger partial charge in [-0.1, -0.05) is 12.1 Å². The van der Waals surface area contributed by atoms with Crippen molar-refractivity contribution in [3.63, 3.8) is 0 Å². The van der Waals surface area contributed by atoms with Crippen molar-refractivity contribution in [3.8, 4) is 0 Å². The Bertz CT molecular complexity index is 649. The third-order valence-corrected chi connectivity index (χ3v) is 4.16. The van der Waals surface area contributed by atoms with Crippen LogP contribution in [0.2, 0.25) is 0 Å². The van der Waals surface area contributed by atoms with Crippen LogP contribution >= 0.6 is 15.9 Å². The molecule has 1 atom stereocenters. The highest BCUT2D eigenvalue weighted by atomic mass is 79.9. The minimum Gasteiger partial charge on any atom is -0.345 e. The molecule has 0 aliphatic carbocycles. The number of hydrogen-bond acceptors (Lipinski definition) is 2. The summed E-state index contributed by atoms with van der Waals surface area (Å²) in [7, 11) is 1.91. The standard InChI is InChI=1S/C15H18BrN3O/c1-9(14-10(2)18-19(4)11(14)3)17-15(20)12-7-5-6-8-13(12)16/h5-9H,1-4H3,(H,17,20). The van der Waals surface area contributed by atoms with Gasteiger partial charge in [-0.05, 0) is 48.8 Å². The van der Waals surface area contributed by atoms with Crippen LogP contribution in [-0.4, -0.2) is 15.7 Å². The van der Waals surface area contributed by atoms with Gasteiger partial charge in [0, 0.05) is 22.8 Å². The summed E-state index contributed by atoms with van der Waals surface area (Å²) in [6, 6.07) is 7.32. The topological polar surface area (TPSA) is 46.9 Å². The Morgan fingerprint density at radius 1 is 1.35 bits per heavy atom. The zero-order valence-electron chi connectivity index (χ0n) is 12.1. The lowest BCUT2D eigenvalue weighted by molar-refractivity contribution is 0.0939. The minimum absolute atomic E-state index is 0.0803. The minimum atomic E-state index is -0.0902. The average molecular weight is 336 g/mol. The van der Waals surface area contributed by atoms with E-state index in [2.05, 4.69) is 26.3 Å². The number of nitrogens with one attached hydrogen (secondary N) is 1. The van der Waals surface area contributed by atoms with Gasteiger partial charge >= 0.3 is 0 Å². The van der Waals surface area contributed by atoms with Crippen LogP contribution in [-0.2, 0) is 7.05 Å². The first-order chi connectivity index (χ1) is 9.41. The first kappa shape index (κ1) is 14.8. The summed E-state index contributed by atoms with van der Waals surface area (Å²) in [6.07, 6.45) is 0. The monoisotopic (exact) mass is 335 g/mol. The van der Waals surface area contributed by atoms with Gasteiger partial charge in [-0.3, -0.25) is 9.48 Å². The van der Waals surface area contributed by atoms with Crippen LogP contribution in [0.15, 0.2) is 28.7 Å². The molecule has 5 heteroatoms. The van der Waals surface area contributed by atoms with E-state index in [0.717, 1.165) is 21.4 Å². The summed E-state index contributed by atoms with van der Waals surface area (Å²) in [5.41, 5.74) is 3.74. The summed E-state index contributed by atoms with van der Waals surface area (Å²) >= 11 is 3.40. The molecule has 0 fully saturated rings. The fourth-order valence-electron chi connectivity index (χ4n) is 2.41. The molecule has 1 heterocycles. The van der Waals surface area contributed by atoms with E-state index in [1.807, 2.05) is 50.7 Å². The number of amides is 1. The van der Waals surface area contributed by atoms with Crippen molar-refractivity contribution in [2.75, 3.05) is 0 Å². The lowest BCUT2D eigenvalue weighted by Crippen LogP contribution is -2.27. The second-order valence-electron chi connectivity index (χ2n) is 4.88. The number of hydrogen-bond donors (Lipinski definition) is 1. The van der Waals surface area contributed by atoms with Crippen molar-refractivity contribution < 1.29 is 4.79 Å². The molecule has 0 spiro atoms. The summed E-state index contributed by atoms with van der Waals surface area (Å²) in [4.78, 5) is 12.3. The van der Waals surface area contributed by atoms with Crippen LogP contribution in [0.4, 0.5) is 0 Å². The molecule has 1 N–H and O–H groups in total. The van der Waals surface area contributed by atoms with Crippen LogP contribution in [0.3, 0.4) is 0 Å². The molecule has 1 unspecified atom stereocenters. The Kier molecular flexibility index (Phi) is 4.28. The van der Waals surface area contributed by atoms with Crippen molar-refractivity contribution in [1.82, 2.24) is 15.1 Å². The predicted molar refractivity (Wildman–Crippen MR) is 82.7 cm³/mol. The van der Waals surface area contributed by atoms with Crippen molar-refractivity contribution in [1.29, 1.82) is 0 Å². The predicted octanol–water partition coefficient (Wildman–Crippen LogP) is 3.29.